The molecule has 0 unspecified atom stereocenters. The molecule has 1 N–H and O–H groups in total. The summed E-state index contributed by atoms with van der Waals surface area (Å²) in [5, 5.41) is 4.08. The van der Waals surface area contributed by atoms with Gasteiger partial charge in [0.1, 0.15) is 0 Å². The van der Waals surface area contributed by atoms with Crippen molar-refractivity contribution in [3.63, 3.8) is 0 Å². The van der Waals surface area contributed by atoms with E-state index in [1.807, 2.05) is 24.3 Å². The maximum absolute atomic E-state index is 5.96. The van der Waals surface area contributed by atoms with Crippen LogP contribution in [0.15, 0.2) is 34.9 Å². The minimum atomic E-state index is 0.520. The van der Waals surface area contributed by atoms with E-state index in [0.29, 0.717) is 11.1 Å². The summed E-state index contributed by atoms with van der Waals surface area (Å²) in [5.41, 5.74) is 0.964. The van der Waals surface area contributed by atoms with Crippen LogP contribution in [0.3, 0.4) is 0 Å². The molecule has 0 fully saturated rings. The maximum atomic E-state index is 5.96. The van der Waals surface area contributed by atoms with Crippen molar-refractivity contribution in [1.29, 1.82) is 0 Å². The number of halogens is 1. The number of benzene rings is 1. The lowest BCUT2D eigenvalue weighted by molar-refractivity contribution is 0.484. The van der Waals surface area contributed by atoms with Crippen molar-refractivity contribution in [3.05, 3.63) is 41.4 Å². The van der Waals surface area contributed by atoms with Crippen molar-refractivity contribution in [2.45, 2.75) is 32.7 Å². The monoisotopic (exact) mass is 278 g/mol. The van der Waals surface area contributed by atoms with Gasteiger partial charge in [0.2, 0.25) is 0 Å². The van der Waals surface area contributed by atoms with Crippen LogP contribution in [0.25, 0.3) is 11.3 Å². The molecule has 1 aromatic carbocycles. The third kappa shape index (κ3) is 4.37. The second-order valence-electron chi connectivity index (χ2n) is 4.84. The Hall–Kier alpha value is -1.32. The highest BCUT2D eigenvalue weighted by atomic mass is 35.5. The van der Waals surface area contributed by atoms with E-state index in [1.54, 1.807) is 6.20 Å². The Morgan fingerprint density at radius 1 is 1.37 bits per heavy atom. The topological polar surface area (TPSA) is 38.1 Å². The zero-order valence-corrected chi connectivity index (χ0v) is 12.1. The SMILES string of the molecule is CC(C)NCCCc1ncc(-c2cccc(Cl)c2)o1. The highest BCUT2D eigenvalue weighted by Crippen LogP contribution is 2.23. The first-order valence-electron chi connectivity index (χ1n) is 6.59. The van der Waals surface area contributed by atoms with Crippen molar-refractivity contribution in [2.75, 3.05) is 6.54 Å². The lowest BCUT2D eigenvalue weighted by Gasteiger charge is -2.05. The third-order valence-corrected chi connectivity index (χ3v) is 3.02. The summed E-state index contributed by atoms with van der Waals surface area (Å²) in [4.78, 5) is 4.30. The predicted molar refractivity (Wildman–Crippen MR) is 78.4 cm³/mol. The van der Waals surface area contributed by atoms with Gasteiger partial charge in [0, 0.05) is 23.0 Å². The summed E-state index contributed by atoms with van der Waals surface area (Å²) in [6, 6.07) is 8.13. The molecule has 0 aliphatic rings. The Morgan fingerprint density at radius 2 is 2.21 bits per heavy atom. The number of nitrogens with zero attached hydrogens (tertiary/aromatic N) is 1. The zero-order chi connectivity index (χ0) is 13.7. The quantitative estimate of drug-likeness (QED) is 0.814. The van der Waals surface area contributed by atoms with E-state index in [4.69, 9.17) is 16.0 Å². The Balaban J connectivity index is 1.92. The third-order valence-electron chi connectivity index (χ3n) is 2.78. The average molecular weight is 279 g/mol. The molecule has 1 aromatic heterocycles. The highest BCUT2D eigenvalue weighted by molar-refractivity contribution is 6.30. The molecule has 0 amide bonds. The van der Waals surface area contributed by atoms with Gasteiger partial charge in [-0.25, -0.2) is 4.98 Å². The van der Waals surface area contributed by atoms with Gasteiger partial charge < -0.3 is 9.73 Å². The average Bonchev–Trinajstić information content (AvgIpc) is 2.83. The molecule has 0 bridgehead atoms. The molecule has 0 atom stereocenters. The molecular weight excluding hydrogens is 260 g/mol. The number of nitrogens with one attached hydrogen (secondary N) is 1. The fourth-order valence-electron chi connectivity index (χ4n) is 1.83. The first kappa shape index (κ1) is 14.1. The smallest absolute Gasteiger partial charge is 0.194 e. The molecule has 3 nitrogen and oxygen atoms in total. The van der Waals surface area contributed by atoms with E-state index >= 15 is 0 Å². The first-order chi connectivity index (χ1) is 9.15. The van der Waals surface area contributed by atoms with Crippen molar-refractivity contribution >= 4 is 11.6 Å². The van der Waals surface area contributed by atoms with Crippen LogP contribution in [-0.2, 0) is 6.42 Å². The number of hydrogen-bond donors (Lipinski definition) is 1. The fraction of sp³-hybridized carbons (Fsp3) is 0.400. The van der Waals surface area contributed by atoms with Crippen molar-refractivity contribution in [2.24, 2.45) is 0 Å². The van der Waals surface area contributed by atoms with E-state index in [9.17, 15) is 0 Å². The van der Waals surface area contributed by atoms with E-state index in [0.717, 1.165) is 36.6 Å². The summed E-state index contributed by atoms with van der Waals surface area (Å²) in [5.74, 6) is 1.55. The Morgan fingerprint density at radius 3 is 2.95 bits per heavy atom. The molecule has 2 aromatic rings. The molecule has 19 heavy (non-hydrogen) atoms. The van der Waals surface area contributed by atoms with Crippen molar-refractivity contribution < 1.29 is 4.42 Å². The standard InChI is InChI=1S/C15H19ClN2O/c1-11(2)17-8-4-7-15-18-10-14(19-15)12-5-3-6-13(16)9-12/h3,5-6,9-11,17H,4,7-8H2,1-2H3. The molecule has 0 spiro atoms. The lowest BCUT2D eigenvalue weighted by atomic mass is 10.2. The van der Waals surface area contributed by atoms with Crippen molar-refractivity contribution in [3.8, 4) is 11.3 Å². The molecule has 0 aliphatic carbocycles. The van der Waals surface area contributed by atoms with E-state index in [2.05, 4.69) is 24.1 Å². The van der Waals surface area contributed by atoms with Gasteiger partial charge in [-0.2, -0.15) is 0 Å². The summed E-state index contributed by atoms with van der Waals surface area (Å²) in [6.45, 7) is 5.26. The number of rotatable bonds is 6. The van der Waals surface area contributed by atoms with Gasteiger partial charge in [0.25, 0.3) is 0 Å². The van der Waals surface area contributed by atoms with Crippen LogP contribution in [0, 0.1) is 0 Å². The summed E-state index contributed by atoms with van der Waals surface area (Å²) in [7, 11) is 0. The van der Waals surface area contributed by atoms with Gasteiger partial charge in [-0.3, -0.25) is 0 Å². The van der Waals surface area contributed by atoms with Crippen LogP contribution < -0.4 is 5.32 Å². The normalized spacial score (nSPS) is 11.2. The maximum Gasteiger partial charge on any atom is 0.194 e. The molecule has 1 heterocycles. The Kier molecular flexibility index (Phi) is 5.00. The van der Waals surface area contributed by atoms with E-state index < -0.39 is 0 Å². The number of oxazole rings is 1. The highest BCUT2D eigenvalue weighted by Gasteiger charge is 2.06. The first-order valence-corrected chi connectivity index (χ1v) is 6.97. The van der Waals surface area contributed by atoms with Gasteiger partial charge in [0.05, 0.1) is 6.20 Å². The molecular formula is C15H19ClN2O. The van der Waals surface area contributed by atoms with Crippen LogP contribution in [0.2, 0.25) is 5.02 Å². The molecule has 0 aliphatic heterocycles. The number of aromatic nitrogens is 1. The summed E-state index contributed by atoms with van der Waals surface area (Å²) < 4.78 is 5.73. The summed E-state index contributed by atoms with van der Waals surface area (Å²) in [6.07, 6.45) is 3.63. The van der Waals surface area contributed by atoms with Crippen LogP contribution >= 0.6 is 11.6 Å². The molecule has 2 rings (SSSR count). The lowest BCUT2D eigenvalue weighted by Crippen LogP contribution is -2.23. The molecule has 0 radical (unpaired) electrons. The number of hydrogen-bond acceptors (Lipinski definition) is 3. The second kappa shape index (κ2) is 6.73. The van der Waals surface area contributed by atoms with Crippen LogP contribution in [0.5, 0.6) is 0 Å². The minimum Gasteiger partial charge on any atom is -0.441 e. The Labute approximate surface area is 119 Å². The van der Waals surface area contributed by atoms with Crippen molar-refractivity contribution in [1.82, 2.24) is 10.3 Å². The van der Waals surface area contributed by atoms with Crippen LogP contribution in [-0.4, -0.2) is 17.6 Å². The Bertz CT molecular complexity index is 522. The number of aryl methyl sites for hydroxylation is 1. The molecule has 102 valence electrons. The largest absolute Gasteiger partial charge is 0.441 e. The van der Waals surface area contributed by atoms with E-state index in [-0.39, 0.29) is 0 Å². The molecule has 0 saturated carbocycles. The van der Waals surface area contributed by atoms with Gasteiger partial charge >= 0.3 is 0 Å². The minimum absolute atomic E-state index is 0.520. The van der Waals surface area contributed by atoms with Gasteiger partial charge in [0.15, 0.2) is 11.7 Å². The van der Waals surface area contributed by atoms with E-state index in [1.165, 1.54) is 0 Å². The predicted octanol–water partition coefficient (Wildman–Crippen LogP) is 3.93. The van der Waals surface area contributed by atoms with Gasteiger partial charge in [-0.1, -0.05) is 37.6 Å². The van der Waals surface area contributed by atoms with Gasteiger partial charge in [-0.05, 0) is 25.1 Å². The fourth-order valence-corrected chi connectivity index (χ4v) is 2.02. The molecule has 4 heteroatoms. The zero-order valence-electron chi connectivity index (χ0n) is 11.3. The molecule has 0 saturated heterocycles. The van der Waals surface area contributed by atoms with Gasteiger partial charge in [-0.15, -0.1) is 0 Å². The van der Waals surface area contributed by atoms with Crippen LogP contribution in [0.4, 0.5) is 0 Å². The summed E-state index contributed by atoms with van der Waals surface area (Å²) >= 11 is 5.96. The van der Waals surface area contributed by atoms with Crippen LogP contribution in [0.1, 0.15) is 26.2 Å². The second-order valence-corrected chi connectivity index (χ2v) is 5.28.